The Balaban J connectivity index is 2.02. The van der Waals surface area contributed by atoms with Crippen LogP contribution in [0.4, 0.5) is 10.5 Å². The number of piperidine rings is 1. The molecule has 1 heterocycles. The summed E-state index contributed by atoms with van der Waals surface area (Å²) in [5.74, 6) is -0.465. The van der Waals surface area contributed by atoms with Crippen LogP contribution >= 0.6 is 0 Å². The van der Waals surface area contributed by atoms with Gasteiger partial charge < -0.3 is 16.0 Å². The van der Waals surface area contributed by atoms with E-state index in [9.17, 15) is 14.4 Å². The number of primary amides is 1. The molecule has 0 unspecified atom stereocenters. The van der Waals surface area contributed by atoms with Gasteiger partial charge in [-0.05, 0) is 56.9 Å². The van der Waals surface area contributed by atoms with Crippen LogP contribution in [0.25, 0.3) is 0 Å². The molecule has 0 spiro atoms. The van der Waals surface area contributed by atoms with Crippen molar-refractivity contribution in [2.75, 3.05) is 18.4 Å². The van der Waals surface area contributed by atoms with Crippen molar-refractivity contribution in [3.8, 4) is 0 Å². The standard InChI is InChI=1S/C17H24N4O3/c1-11-9-13(16(23)21-8-4-3-5-12(21)2)6-7-14(11)19-10-15(22)20-17(18)24/h6-7,9,12,19H,3-5,8,10H2,1-2H3,(H3,18,20,22,24)/t12-/m0/s1. The number of nitrogens with one attached hydrogen (secondary N) is 2. The van der Waals surface area contributed by atoms with Crippen LogP contribution in [0.15, 0.2) is 18.2 Å². The highest BCUT2D eigenvalue weighted by Crippen LogP contribution is 2.22. The van der Waals surface area contributed by atoms with Gasteiger partial charge in [0.15, 0.2) is 0 Å². The SMILES string of the molecule is Cc1cc(C(=O)N2CCCC[C@@H]2C)ccc1NCC(=O)NC(N)=O. The van der Waals surface area contributed by atoms with Crippen LogP contribution < -0.4 is 16.4 Å². The Hall–Kier alpha value is -2.57. The van der Waals surface area contributed by atoms with Crippen LogP contribution in [-0.2, 0) is 4.79 Å². The number of carbonyl (C=O) groups is 3. The highest BCUT2D eigenvalue weighted by Gasteiger charge is 2.24. The summed E-state index contributed by atoms with van der Waals surface area (Å²) < 4.78 is 0. The second kappa shape index (κ2) is 7.81. The lowest BCUT2D eigenvalue weighted by molar-refractivity contribution is -0.118. The highest BCUT2D eigenvalue weighted by molar-refractivity contribution is 5.96. The maximum absolute atomic E-state index is 12.7. The summed E-state index contributed by atoms with van der Waals surface area (Å²) >= 11 is 0. The van der Waals surface area contributed by atoms with Gasteiger partial charge in [-0.1, -0.05) is 0 Å². The molecule has 1 aromatic carbocycles. The molecular weight excluding hydrogens is 308 g/mol. The Morgan fingerprint density at radius 2 is 2.04 bits per heavy atom. The highest BCUT2D eigenvalue weighted by atomic mass is 16.2. The lowest BCUT2D eigenvalue weighted by Crippen LogP contribution is -2.42. The molecule has 4 N–H and O–H groups in total. The van der Waals surface area contributed by atoms with Crippen LogP contribution in [0.2, 0.25) is 0 Å². The summed E-state index contributed by atoms with van der Waals surface area (Å²) in [4.78, 5) is 36.6. The lowest BCUT2D eigenvalue weighted by Gasteiger charge is -2.33. The van der Waals surface area contributed by atoms with Crippen molar-refractivity contribution in [1.82, 2.24) is 10.2 Å². The number of rotatable bonds is 4. The molecule has 1 saturated heterocycles. The lowest BCUT2D eigenvalue weighted by atomic mass is 10.0. The molecule has 1 aliphatic heterocycles. The Bertz CT molecular complexity index is 645. The molecular formula is C17H24N4O3. The monoisotopic (exact) mass is 332 g/mol. The topological polar surface area (TPSA) is 105 Å². The zero-order valence-corrected chi connectivity index (χ0v) is 14.1. The van der Waals surface area contributed by atoms with Gasteiger partial charge in [0.25, 0.3) is 5.91 Å². The molecule has 1 fully saturated rings. The van der Waals surface area contributed by atoms with Crippen LogP contribution in [-0.4, -0.2) is 41.9 Å². The maximum Gasteiger partial charge on any atom is 0.318 e. The van der Waals surface area contributed by atoms with E-state index in [1.54, 1.807) is 12.1 Å². The van der Waals surface area contributed by atoms with E-state index in [0.717, 1.165) is 30.6 Å². The van der Waals surface area contributed by atoms with Gasteiger partial charge in [0.1, 0.15) is 0 Å². The molecule has 24 heavy (non-hydrogen) atoms. The normalized spacial score (nSPS) is 17.2. The number of hydrogen-bond donors (Lipinski definition) is 3. The third kappa shape index (κ3) is 4.47. The first kappa shape index (κ1) is 17.8. The molecule has 0 bridgehead atoms. The predicted molar refractivity (Wildman–Crippen MR) is 91.7 cm³/mol. The van der Waals surface area contributed by atoms with E-state index in [1.807, 2.05) is 23.2 Å². The molecule has 7 nitrogen and oxygen atoms in total. The third-order valence-electron chi connectivity index (χ3n) is 4.24. The van der Waals surface area contributed by atoms with Crippen molar-refractivity contribution >= 4 is 23.5 Å². The van der Waals surface area contributed by atoms with E-state index in [2.05, 4.69) is 12.2 Å². The third-order valence-corrected chi connectivity index (χ3v) is 4.24. The number of nitrogens with two attached hydrogens (primary N) is 1. The van der Waals surface area contributed by atoms with Crippen molar-refractivity contribution in [3.05, 3.63) is 29.3 Å². The fraction of sp³-hybridized carbons (Fsp3) is 0.471. The first-order valence-corrected chi connectivity index (χ1v) is 8.13. The number of likely N-dealkylation sites (tertiary alicyclic amines) is 1. The first-order valence-electron chi connectivity index (χ1n) is 8.13. The molecule has 4 amide bonds. The van der Waals surface area contributed by atoms with Gasteiger partial charge in [-0.15, -0.1) is 0 Å². The average molecular weight is 332 g/mol. The van der Waals surface area contributed by atoms with Crippen molar-refractivity contribution < 1.29 is 14.4 Å². The zero-order valence-electron chi connectivity index (χ0n) is 14.1. The van der Waals surface area contributed by atoms with Crippen molar-refractivity contribution in [2.24, 2.45) is 5.73 Å². The van der Waals surface area contributed by atoms with Gasteiger partial charge >= 0.3 is 6.03 Å². The zero-order chi connectivity index (χ0) is 17.7. The minimum Gasteiger partial charge on any atom is -0.376 e. The van der Waals surface area contributed by atoms with E-state index in [-0.39, 0.29) is 18.5 Å². The number of urea groups is 1. The van der Waals surface area contributed by atoms with E-state index >= 15 is 0 Å². The van der Waals surface area contributed by atoms with Gasteiger partial charge in [-0.2, -0.15) is 0 Å². The number of anilines is 1. The van der Waals surface area contributed by atoms with Gasteiger partial charge in [-0.25, -0.2) is 4.79 Å². The van der Waals surface area contributed by atoms with E-state index in [1.165, 1.54) is 6.42 Å². The fourth-order valence-electron chi connectivity index (χ4n) is 2.92. The summed E-state index contributed by atoms with van der Waals surface area (Å²) in [6.45, 7) is 4.68. The number of amides is 4. The summed E-state index contributed by atoms with van der Waals surface area (Å²) in [5, 5.41) is 4.91. The summed E-state index contributed by atoms with van der Waals surface area (Å²) in [5.41, 5.74) is 7.13. The fourth-order valence-corrected chi connectivity index (χ4v) is 2.92. The molecule has 1 aliphatic rings. The van der Waals surface area contributed by atoms with Gasteiger partial charge in [0, 0.05) is 23.8 Å². The first-order chi connectivity index (χ1) is 11.4. The number of carbonyl (C=O) groups excluding carboxylic acids is 3. The molecule has 1 atom stereocenters. The summed E-state index contributed by atoms with van der Waals surface area (Å²) in [7, 11) is 0. The molecule has 130 valence electrons. The number of aryl methyl sites for hydroxylation is 1. The number of benzene rings is 1. The average Bonchev–Trinajstić information content (AvgIpc) is 2.53. The van der Waals surface area contributed by atoms with Gasteiger partial charge in [0.05, 0.1) is 6.54 Å². The molecule has 0 saturated carbocycles. The van der Waals surface area contributed by atoms with Gasteiger partial charge in [-0.3, -0.25) is 14.9 Å². The van der Waals surface area contributed by atoms with Crippen molar-refractivity contribution in [1.29, 1.82) is 0 Å². The predicted octanol–water partition coefficient (Wildman–Crippen LogP) is 1.62. The van der Waals surface area contributed by atoms with Gasteiger partial charge in [0.2, 0.25) is 5.91 Å². The van der Waals surface area contributed by atoms with Crippen LogP contribution in [0.1, 0.15) is 42.1 Å². The Labute approximate surface area is 141 Å². The molecule has 7 heteroatoms. The molecule has 1 aromatic rings. The van der Waals surface area contributed by atoms with E-state index < -0.39 is 11.9 Å². The number of hydrogen-bond acceptors (Lipinski definition) is 4. The molecule has 0 radical (unpaired) electrons. The Morgan fingerprint density at radius 3 is 2.67 bits per heavy atom. The largest absolute Gasteiger partial charge is 0.376 e. The Morgan fingerprint density at radius 1 is 1.29 bits per heavy atom. The molecule has 0 aliphatic carbocycles. The van der Waals surface area contributed by atoms with Crippen molar-refractivity contribution in [2.45, 2.75) is 39.2 Å². The van der Waals surface area contributed by atoms with Crippen LogP contribution in [0.5, 0.6) is 0 Å². The smallest absolute Gasteiger partial charge is 0.318 e. The quantitative estimate of drug-likeness (QED) is 0.779. The molecule has 2 rings (SSSR count). The maximum atomic E-state index is 12.7. The minimum absolute atomic E-state index is 0.0447. The summed E-state index contributed by atoms with van der Waals surface area (Å²) in [6, 6.07) is 4.73. The second-order valence-electron chi connectivity index (χ2n) is 6.14. The van der Waals surface area contributed by atoms with Crippen molar-refractivity contribution in [3.63, 3.8) is 0 Å². The number of nitrogens with zero attached hydrogens (tertiary/aromatic N) is 1. The summed E-state index contributed by atoms with van der Waals surface area (Å²) in [6.07, 6.45) is 3.25. The Kier molecular flexibility index (Phi) is 5.78. The van der Waals surface area contributed by atoms with Crippen LogP contribution in [0.3, 0.4) is 0 Å². The second-order valence-corrected chi connectivity index (χ2v) is 6.14. The minimum atomic E-state index is -0.880. The van der Waals surface area contributed by atoms with E-state index in [4.69, 9.17) is 5.73 Å². The van der Waals surface area contributed by atoms with Crippen LogP contribution in [0, 0.1) is 6.92 Å². The van der Waals surface area contributed by atoms with E-state index in [0.29, 0.717) is 5.56 Å². The number of imide groups is 1. The molecule has 0 aromatic heterocycles.